The number of thiophene rings is 1. The molecule has 0 bridgehead atoms. The van der Waals surface area contributed by atoms with E-state index in [0.717, 1.165) is 21.5 Å². The number of nitrogens with two attached hydrogens (primary N) is 1. The Morgan fingerprint density at radius 2 is 2.11 bits per heavy atom. The van der Waals surface area contributed by atoms with Gasteiger partial charge in [-0.25, -0.2) is 9.97 Å². The van der Waals surface area contributed by atoms with E-state index in [0.29, 0.717) is 11.6 Å². The van der Waals surface area contributed by atoms with Crippen LogP contribution in [0.2, 0.25) is 0 Å². The summed E-state index contributed by atoms with van der Waals surface area (Å²) in [6.45, 7) is 0. The van der Waals surface area contributed by atoms with E-state index in [1.165, 1.54) is 0 Å². The molecule has 2 heterocycles. The Morgan fingerprint density at radius 1 is 1.22 bits per heavy atom. The van der Waals surface area contributed by atoms with Gasteiger partial charge in [0.2, 0.25) is 0 Å². The first-order valence-electron chi connectivity index (χ1n) is 5.43. The molecule has 2 aromatic heterocycles. The fraction of sp³-hybridized carbons (Fsp3) is 0.0769. The van der Waals surface area contributed by atoms with Crippen LogP contribution in [-0.2, 0) is 0 Å². The topological polar surface area (TPSA) is 61.0 Å². The lowest BCUT2D eigenvalue weighted by Crippen LogP contribution is -1.97. The molecule has 0 unspecified atom stereocenters. The summed E-state index contributed by atoms with van der Waals surface area (Å²) >= 11 is 1.60. The first-order chi connectivity index (χ1) is 8.78. The minimum absolute atomic E-state index is 0.474. The molecule has 2 N–H and O–H groups in total. The Labute approximate surface area is 108 Å². The van der Waals surface area contributed by atoms with E-state index in [-0.39, 0.29) is 0 Å². The summed E-state index contributed by atoms with van der Waals surface area (Å²) in [7, 11) is 1.62. The molecule has 0 saturated carbocycles. The molecule has 5 heteroatoms. The van der Waals surface area contributed by atoms with Gasteiger partial charge in [-0.1, -0.05) is 6.07 Å². The SMILES string of the molecule is COc1ccc2nc(-c3cccs3)nc(N)c2c1. The van der Waals surface area contributed by atoms with Gasteiger partial charge in [-0.15, -0.1) is 11.3 Å². The molecule has 0 spiro atoms. The molecule has 18 heavy (non-hydrogen) atoms. The van der Waals surface area contributed by atoms with Crippen molar-refractivity contribution in [3.63, 3.8) is 0 Å². The second-order valence-electron chi connectivity index (χ2n) is 3.79. The highest BCUT2D eigenvalue weighted by Gasteiger charge is 2.08. The quantitative estimate of drug-likeness (QED) is 0.766. The maximum Gasteiger partial charge on any atom is 0.172 e. The first kappa shape index (κ1) is 11.0. The van der Waals surface area contributed by atoms with Crippen molar-refractivity contribution in [1.29, 1.82) is 0 Å². The molecule has 0 atom stereocenters. The number of anilines is 1. The number of rotatable bonds is 2. The molecule has 0 saturated heterocycles. The van der Waals surface area contributed by atoms with Crippen molar-refractivity contribution in [2.45, 2.75) is 0 Å². The Hall–Kier alpha value is -2.14. The van der Waals surface area contributed by atoms with E-state index in [4.69, 9.17) is 10.5 Å². The van der Waals surface area contributed by atoms with Crippen LogP contribution in [0.5, 0.6) is 5.75 Å². The van der Waals surface area contributed by atoms with Crippen LogP contribution in [0.1, 0.15) is 0 Å². The lowest BCUT2D eigenvalue weighted by Gasteiger charge is -2.06. The van der Waals surface area contributed by atoms with Crippen molar-refractivity contribution in [2.24, 2.45) is 0 Å². The summed E-state index contributed by atoms with van der Waals surface area (Å²) in [6.07, 6.45) is 0. The minimum Gasteiger partial charge on any atom is -0.497 e. The van der Waals surface area contributed by atoms with E-state index in [1.54, 1.807) is 18.4 Å². The van der Waals surface area contributed by atoms with Gasteiger partial charge in [0.1, 0.15) is 11.6 Å². The summed E-state index contributed by atoms with van der Waals surface area (Å²) in [4.78, 5) is 9.87. The summed E-state index contributed by atoms with van der Waals surface area (Å²) < 4.78 is 5.17. The average Bonchev–Trinajstić information content (AvgIpc) is 2.92. The molecule has 0 aliphatic carbocycles. The lowest BCUT2D eigenvalue weighted by atomic mass is 10.2. The highest BCUT2D eigenvalue weighted by molar-refractivity contribution is 7.13. The first-order valence-corrected chi connectivity index (χ1v) is 6.31. The number of ether oxygens (including phenoxy) is 1. The van der Waals surface area contributed by atoms with Gasteiger partial charge in [0.15, 0.2) is 5.82 Å². The normalized spacial score (nSPS) is 10.7. The van der Waals surface area contributed by atoms with Crippen LogP contribution in [0, 0.1) is 0 Å². The fourth-order valence-corrected chi connectivity index (χ4v) is 2.43. The summed E-state index contributed by atoms with van der Waals surface area (Å²) in [5.41, 5.74) is 6.81. The van der Waals surface area contributed by atoms with Crippen LogP contribution >= 0.6 is 11.3 Å². The third kappa shape index (κ3) is 1.78. The molecule has 0 aliphatic rings. The Bertz CT molecular complexity index is 695. The molecule has 90 valence electrons. The van der Waals surface area contributed by atoms with Gasteiger partial charge < -0.3 is 10.5 Å². The van der Waals surface area contributed by atoms with Gasteiger partial charge in [0.05, 0.1) is 17.5 Å². The zero-order valence-corrected chi connectivity index (χ0v) is 10.6. The largest absolute Gasteiger partial charge is 0.497 e. The molecule has 3 rings (SSSR count). The van der Waals surface area contributed by atoms with Crippen LogP contribution < -0.4 is 10.5 Å². The Balaban J connectivity index is 2.22. The van der Waals surface area contributed by atoms with Gasteiger partial charge in [-0.3, -0.25) is 0 Å². The lowest BCUT2D eigenvalue weighted by molar-refractivity contribution is 0.415. The molecular weight excluding hydrogens is 246 g/mol. The number of benzene rings is 1. The number of methoxy groups -OCH3 is 1. The summed E-state index contributed by atoms with van der Waals surface area (Å²) in [5.74, 6) is 1.89. The standard InChI is InChI=1S/C13H11N3OS/c1-17-8-4-5-10-9(7-8)12(14)16-13(15-10)11-3-2-6-18-11/h2-7H,1H3,(H2,14,15,16). The molecule has 0 fully saturated rings. The minimum atomic E-state index is 0.474. The van der Waals surface area contributed by atoms with E-state index < -0.39 is 0 Å². The number of nitrogen functional groups attached to an aromatic ring is 1. The zero-order chi connectivity index (χ0) is 12.5. The summed E-state index contributed by atoms with van der Waals surface area (Å²) in [6, 6.07) is 9.56. The van der Waals surface area contributed by atoms with E-state index in [2.05, 4.69) is 9.97 Å². The van der Waals surface area contributed by atoms with Gasteiger partial charge in [-0.05, 0) is 29.6 Å². The van der Waals surface area contributed by atoms with Crippen LogP contribution in [0.4, 0.5) is 5.82 Å². The predicted molar refractivity (Wildman–Crippen MR) is 73.8 cm³/mol. The molecule has 0 radical (unpaired) electrons. The maximum atomic E-state index is 5.98. The second-order valence-corrected chi connectivity index (χ2v) is 4.74. The maximum absolute atomic E-state index is 5.98. The van der Waals surface area contributed by atoms with Crippen LogP contribution in [-0.4, -0.2) is 17.1 Å². The number of nitrogens with zero attached hydrogens (tertiary/aromatic N) is 2. The van der Waals surface area contributed by atoms with Crippen LogP contribution in [0.25, 0.3) is 21.6 Å². The van der Waals surface area contributed by atoms with Crippen LogP contribution in [0.15, 0.2) is 35.7 Å². The fourth-order valence-electron chi connectivity index (χ4n) is 1.77. The smallest absolute Gasteiger partial charge is 0.172 e. The molecular formula is C13H11N3OS. The van der Waals surface area contributed by atoms with Gasteiger partial charge >= 0.3 is 0 Å². The number of hydrogen-bond acceptors (Lipinski definition) is 5. The highest BCUT2D eigenvalue weighted by Crippen LogP contribution is 2.28. The number of fused-ring (bicyclic) bond motifs is 1. The number of aromatic nitrogens is 2. The summed E-state index contributed by atoms with van der Waals surface area (Å²) in [5, 5.41) is 2.81. The highest BCUT2D eigenvalue weighted by atomic mass is 32.1. The van der Waals surface area contributed by atoms with Crippen molar-refractivity contribution in [2.75, 3.05) is 12.8 Å². The molecule has 3 aromatic rings. The van der Waals surface area contributed by atoms with Crippen molar-refractivity contribution in [3.05, 3.63) is 35.7 Å². The van der Waals surface area contributed by atoms with Crippen LogP contribution in [0.3, 0.4) is 0 Å². The van der Waals surface area contributed by atoms with E-state index in [1.807, 2.05) is 35.7 Å². The number of hydrogen-bond donors (Lipinski definition) is 1. The second kappa shape index (κ2) is 4.27. The molecule has 4 nitrogen and oxygen atoms in total. The van der Waals surface area contributed by atoms with E-state index in [9.17, 15) is 0 Å². The van der Waals surface area contributed by atoms with E-state index >= 15 is 0 Å². The van der Waals surface area contributed by atoms with Crippen molar-refractivity contribution < 1.29 is 4.74 Å². The van der Waals surface area contributed by atoms with Gasteiger partial charge in [-0.2, -0.15) is 0 Å². The van der Waals surface area contributed by atoms with Gasteiger partial charge in [0, 0.05) is 5.39 Å². The predicted octanol–water partition coefficient (Wildman–Crippen LogP) is 2.95. The zero-order valence-electron chi connectivity index (χ0n) is 9.75. The Morgan fingerprint density at radius 3 is 2.83 bits per heavy atom. The molecule has 1 aromatic carbocycles. The van der Waals surface area contributed by atoms with Crippen molar-refractivity contribution >= 4 is 28.1 Å². The monoisotopic (exact) mass is 257 g/mol. The molecule has 0 amide bonds. The third-order valence-electron chi connectivity index (χ3n) is 2.67. The Kier molecular flexibility index (Phi) is 2.60. The average molecular weight is 257 g/mol. The van der Waals surface area contributed by atoms with Gasteiger partial charge in [0.25, 0.3) is 0 Å². The van der Waals surface area contributed by atoms with Crippen molar-refractivity contribution in [3.8, 4) is 16.5 Å². The van der Waals surface area contributed by atoms with Crippen molar-refractivity contribution in [1.82, 2.24) is 9.97 Å². The molecule has 0 aliphatic heterocycles. The third-order valence-corrected chi connectivity index (χ3v) is 3.54.